The Hall–Kier alpha value is -10.2. The van der Waals surface area contributed by atoms with E-state index >= 15 is 0 Å². The molecule has 15 aromatic rings. The average molecular weight is 971 g/mol. The summed E-state index contributed by atoms with van der Waals surface area (Å²) in [5.74, 6) is 1.90. The van der Waals surface area contributed by atoms with Crippen LogP contribution in [-0.2, 0) is 0 Å². The Balaban J connectivity index is 0.931. The molecule has 6 heteroatoms. The largest absolute Gasteiger partial charge is 0.309 e. The van der Waals surface area contributed by atoms with E-state index < -0.39 is 0 Å². The first kappa shape index (κ1) is 43.4. The van der Waals surface area contributed by atoms with Gasteiger partial charge in [0.05, 0.1) is 38.8 Å². The molecule has 0 fully saturated rings. The van der Waals surface area contributed by atoms with Gasteiger partial charge in [-0.15, -0.1) is 0 Å². The van der Waals surface area contributed by atoms with Gasteiger partial charge in [-0.1, -0.05) is 188 Å². The van der Waals surface area contributed by atoms with E-state index in [1.54, 1.807) is 0 Å². The number of rotatable bonds is 8. The lowest BCUT2D eigenvalue weighted by molar-refractivity contribution is 1.07. The second kappa shape index (κ2) is 17.5. The van der Waals surface area contributed by atoms with Crippen molar-refractivity contribution in [3.05, 3.63) is 266 Å². The number of aromatic nitrogens is 6. The topological polar surface area (TPSA) is 53.5 Å². The summed E-state index contributed by atoms with van der Waals surface area (Å²) in [6.45, 7) is 2.10. The van der Waals surface area contributed by atoms with Crippen LogP contribution in [0.5, 0.6) is 0 Å². The normalized spacial score (nSPS) is 11.8. The molecule has 11 aromatic carbocycles. The lowest BCUT2D eigenvalue weighted by atomic mass is 9.96. The fourth-order valence-electron chi connectivity index (χ4n) is 11.7. The maximum atomic E-state index is 5.14. The van der Waals surface area contributed by atoms with Gasteiger partial charge in [0.15, 0.2) is 17.5 Å². The third kappa shape index (κ3) is 7.07. The van der Waals surface area contributed by atoms with Crippen LogP contribution in [0.25, 0.3) is 139 Å². The molecule has 0 spiro atoms. The van der Waals surface area contributed by atoms with E-state index in [2.05, 4.69) is 263 Å². The summed E-state index contributed by atoms with van der Waals surface area (Å²) >= 11 is 0. The van der Waals surface area contributed by atoms with Gasteiger partial charge in [0.25, 0.3) is 0 Å². The molecule has 0 atom stereocenters. The summed E-state index contributed by atoms with van der Waals surface area (Å²) < 4.78 is 7.29. The van der Waals surface area contributed by atoms with Gasteiger partial charge in [0.1, 0.15) is 0 Å². The molecule has 4 heterocycles. The van der Waals surface area contributed by atoms with Crippen molar-refractivity contribution in [3.8, 4) is 73.5 Å². The molecule has 15 rings (SSSR count). The van der Waals surface area contributed by atoms with Crippen LogP contribution in [0.15, 0.2) is 261 Å². The third-order valence-corrected chi connectivity index (χ3v) is 15.1. The first-order valence-electron chi connectivity index (χ1n) is 25.8. The predicted molar refractivity (Wildman–Crippen MR) is 315 cm³/mol. The Morgan fingerprint density at radius 1 is 0.250 bits per heavy atom. The number of hydrogen-bond donors (Lipinski definition) is 0. The van der Waals surface area contributed by atoms with Crippen LogP contribution in [0.1, 0.15) is 5.56 Å². The first-order valence-corrected chi connectivity index (χ1v) is 25.8. The molecular weight excluding hydrogens is 925 g/mol. The summed E-state index contributed by atoms with van der Waals surface area (Å²) in [5.41, 5.74) is 18.6. The molecule has 4 aromatic heterocycles. The monoisotopic (exact) mass is 970 g/mol. The summed E-state index contributed by atoms with van der Waals surface area (Å²) in [4.78, 5) is 15.3. The molecule has 6 nitrogen and oxygen atoms in total. The lowest BCUT2D eigenvalue weighted by Gasteiger charge is -2.17. The zero-order valence-electron chi connectivity index (χ0n) is 41.5. The second-order valence-corrected chi connectivity index (χ2v) is 19.7. The van der Waals surface area contributed by atoms with Gasteiger partial charge in [0, 0.05) is 65.9 Å². The summed E-state index contributed by atoms with van der Waals surface area (Å²) in [6, 6.07) is 93.8. The van der Waals surface area contributed by atoms with Crippen LogP contribution in [0.3, 0.4) is 0 Å². The van der Waals surface area contributed by atoms with Crippen LogP contribution in [-0.4, -0.2) is 28.7 Å². The minimum absolute atomic E-state index is 0.621. The zero-order chi connectivity index (χ0) is 50.3. The van der Waals surface area contributed by atoms with Crippen molar-refractivity contribution >= 4 is 65.4 Å². The Labute approximate surface area is 438 Å². The molecule has 0 bridgehead atoms. The number of nitrogens with zero attached hydrogens (tertiary/aromatic N) is 6. The van der Waals surface area contributed by atoms with Gasteiger partial charge in [-0.2, -0.15) is 0 Å². The molecule has 0 amide bonds. The van der Waals surface area contributed by atoms with E-state index in [9.17, 15) is 0 Å². The molecule has 356 valence electrons. The number of hydrogen-bond acceptors (Lipinski definition) is 3. The average Bonchev–Trinajstić information content (AvgIpc) is 4.21. The van der Waals surface area contributed by atoms with Crippen LogP contribution < -0.4 is 0 Å². The van der Waals surface area contributed by atoms with Gasteiger partial charge in [-0.25, -0.2) is 15.0 Å². The highest BCUT2D eigenvalue weighted by molar-refractivity contribution is 6.14. The minimum atomic E-state index is 0.621. The zero-order valence-corrected chi connectivity index (χ0v) is 41.5. The highest BCUT2D eigenvalue weighted by atomic mass is 15.0. The fraction of sp³-hybridized carbons (Fsp3) is 0.0143. The van der Waals surface area contributed by atoms with E-state index in [0.29, 0.717) is 17.5 Å². The predicted octanol–water partition coefficient (Wildman–Crippen LogP) is 17.8. The molecular formula is C70H46N6. The smallest absolute Gasteiger partial charge is 0.164 e. The van der Waals surface area contributed by atoms with Crippen molar-refractivity contribution in [2.45, 2.75) is 6.92 Å². The third-order valence-electron chi connectivity index (χ3n) is 15.1. The Kier molecular flexibility index (Phi) is 10.0. The second-order valence-electron chi connectivity index (χ2n) is 19.7. The van der Waals surface area contributed by atoms with Gasteiger partial charge in [-0.3, -0.25) is 0 Å². The number of fused-ring (bicyclic) bond motifs is 9. The molecule has 0 radical (unpaired) electrons. The molecule has 76 heavy (non-hydrogen) atoms. The van der Waals surface area contributed by atoms with Gasteiger partial charge in [-0.05, 0) is 102 Å². The van der Waals surface area contributed by atoms with Crippen molar-refractivity contribution in [1.82, 2.24) is 28.7 Å². The Morgan fingerprint density at radius 2 is 0.711 bits per heavy atom. The molecule has 0 aliphatic carbocycles. The van der Waals surface area contributed by atoms with E-state index in [1.165, 1.54) is 43.4 Å². The highest BCUT2D eigenvalue weighted by Gasteiger charge is 2.21. The number of benzene rings is 11. The van der Waals surface area contributed by atoms with Crippen molar-refractivity contribution < 1.29 is 0 Å². The molecule has 0 saturated heterocycles. The van der Waals surface area contributed by atoms with Crippen LogP contribution >= 0.6 is 0 Å². The molecule has 0 unspecified atom stereocenters. The standard InChI is InChI=1S/C70H46N6/c1-45-18-16-22-50(40-45)69-71-68(46-19-4-2-5-20-46)72-70(73-69)51-23-17-21-47(41-51)48-34-37-54(66(42-48)76-63-32-14-10-28-57(63)58-29-11-15-33-64(58)76)49-35-38-59-60-44-53(36-39-65(60)74(67(59)43-49)52-24-6-3-7-25-52)75-61-30-12-8-26-55(61)56-27-9-13-31-62(56)75/h2-44H,1H3. The van der Waals surface area contributed by atoms with Gasteiger partial charge < -0.3 is 13.7 Å². The summed E-state index contributed by atoms with van der Waals surface area (Å²) in [6.07, 6.45) is 0. The molecule has 0 N–H and O–H groups in total. The van der Waals surface area contributed by atoms with Gasteiger partial charge >= 0.3 is 0 Å². The maximum absolute atomic E-state index is 5.14. The Bertz CT molecular complexity index is 4660. The quantitative estimate of drug-likeness (QED) is 0.152. The van der Waals surface area contributed by atoms with Crippen molar-refractivity contribution in [2.75, 3.05) is 0 Å². The maximum Gasteiger partial charge on any atom is 0.164 e. The minimum Gasteiger partial charge on any atom is -0.309 e. The first-order chi connectivity index (χ1) is 37.6. The van der Waals surface area contributed by atoms with E-state index in [1.807, 2.05) is 18.2 Å². The fourth-order valence-corrected chi connectivity index (χ4v) is 11.7. The van der Waals surface area contributed by atoms with Crippen LogP contribution in [0, 0.1) is 6.92 Å². The summed E-state index contributed by atoms with van der Waals surface area (Å²) in [5, 5.41) is 7.31. The van der Waals surface area contributed by atoms with Crippen molar-refractivity contribution in [1.29, 1.82) is 0 Å². The van der Waals surface area contributed by atoms with Gasteiger partial charge in [0.2, 0.25) is 0 Å². The van der Waals surface area contributed by atoms with Crippen molar-refractivity contribution in [3.63, 3.8) is 0 Å². The number of aryl methyl sites for hydroxylation is 1. The SMILES string of the molecule is Cc1cccc(-c2nc(-c3ccccc3)nc(-c3cccc(-c4ccc(-c5ccc6c7cc(-n8c9ccccc9c9ccccc98)ccc7n(-c7ccccc7)c6c5)c(-n5c6ccccc6c6ccccc65)c4)c3)n2)c1. The van der Waals surface area contributed by atoms with Crippen LogP contribution in [0.2, 0.25) is 0 Å². The van der Waals surface area contributed by atoms with Crippen LogP contribution in [0.4, 0.5) is 0 Å². The van der Waals surface area contributed by atoms with E-state index in [-0.39, 0.29) is 0 Å². The lowest BCUT2D eigenvalue weighted by Crippen LogP contribution is -2.00. The highest BCUT2D eigenvalue weighted by Crippen LogP contribution is 2.42. The number of para-hydroxylation sites is 5. The molecule has 0 aliphatic rings. The molecule has 0 aliphatic heterocycles. The van der Waals surface area contributed by atoms with E-state index in [0.717, 1.165) is 83.6 Å². The molecule has 0 saturated carbocycles. The summed E-state index contributed by atoms with van der Waals surface area (Å²) in [7, 11) is 0. The van der Waals surface area contributed by atoms with E-state index in [4.69, 9.17) is 15.0 Å². The van der Waals surface area contributed by atoms with Crippen molar-refractivity contribution in [2.24, 2.45) is 0 Å². The Morgan fingerprint density at radius 3 is 1.34 bits per heavy atom.